The fourth-order valence-electron chi connectivity index (χ4n) is 1.91. The second-order valence-corrected chi connectivity index (χ2v) is 4.37. The highest BCUT2D eigenvalue weighted by atomic mass is 16.3. The number of hydrogen-bond donors (Lipinski definition) is 2. The Morgan fingerprint density at radius 3 is 2.57 bits per heavy atom. The number of nitrogens with zero attached hydrogens (tertiary/aromatic N) is 1. The first-order valence-electron chi connectivity index (χ1n) is 5.13. The van der Waals surface area contributed by atoms with Crippen LogP contribution in [0.4, 0.5) is 0 Å². The lowest BCUT2D eigenvalue weighted by Gasteiger charge is -2.27. The predicted molar refractivity (Wildman–Crippen MR) is 52.7 cm³/mol. The molecule has 1 unspecified atom stereocenters. The van der Waals surface area contributed by atoms with Crippen LogP contribution in [0.3, 0.4) is 0 Å². The molecule has 82 valence electrons. The molecule has 0 aromatic rings. The fraction of sp³-hybridized carbons (Fsp3) is 0.900. The summed E-state index contributed by atoms with van der Waals surface area (Å²) < 4.78 is 0. The predicted octanol–water partition coefficient (Wildman–Crippen LogP) is -0.0134. The van der Waals surface area contributed by atoms with Crippen molar-refractivity contribution in [3.05, 3.63) is 0 Å². The van der Waals surface area contributed by atoms with Crippen LogP contribution in [0.2, 0.25) is 0 Å². The van der Waals surface area contributed by atoms with Gasteiger partial charge in [0.1, 0.15) is 0 Å². The maximum absolute atomic E-state index is 11.4. The Morgan fingerprint density at radius 1 is 1.57 bits per heavy atom. The van der Waals surface area contributed by atoms with E-state index in [9.17, 15) is 9.90 Å². The maximum atomic E-state index is 11.4. The quantitative estimate of drug-likeness (QED) is 0.672. The van der Waals surface area contributed by atoms with Gasteiger partial charge in [0, 0.05) is 6.54 Å². The number of likely N-dealkylation sites (tertiary alicyclic amines) is 1. The summed E-state index contributed by atoms with van der Waals surface area (Å²) in [6, 6.07) is -0.125. The van der Waals surface area contributed by atoms with Gasteiger partial charge < -0.3 is 15.1 Å². The van der Waals surface area contributed by atoms with Crippen LogP contribution in [-0.4, -0.2) is 46.3 Å². The van der Waals surface area contributed by atoms with E-state index >= 15 is 0 Å². The van der Waals surface area contributed by atoms with Crippen LogP contribution < -0.4 is 0 Å². The minimum Gasteiger partial charge on any atom is -0.394 e. The van der Waals surface area contributed by atoms with E-state index in [0.29, 0.717) is 12.5 Å². The zero-order valence-electron chi connectivity index (χ0n) is 8.81. The molecule has 2 atom stereocenters. The van der Waals surface area contributed by atoms with Gasteiger partial charge in [-0.25, -0.2) is 0 Å². The number of amides is 1. The molecule has 0 radical (unpaired) electrons. The normalized spacial score (nSPS) is 24.8. The molecule has 0 spiro atoms. The van der Waals surface area contributed by atoms with Gasteiger partial charge in [-0.05, 0) is 12.3 Å². The summed E-state index contributed by atoms with van der Waals surface area (Å²) in [5.74, 6) is 0.398. The number of carbonyl (C=O) groups excluding carboxylic acids is 1. The van der Waals surface area contributed by atoms with Crippen molar-refractivity contribution in [2.75, 3.05) is 13.2 Å². The number of β-amino-alcohol motifs (C(OH)–C–C–N with tert-alkyl or cyclic N) is 1. The van der Waals surface area contributed by atoms with E-state index in [1.54, 1.807) is 4.90 Å². The summed E-state index contributed by atoms with van der Waals surface area (Å²) in [7, 11) is 0. The Hall–Kier alpha value is -0.610. The van der Waals surface area contributed by atoms with Gasteiger partial charge in [-0.1, -0.05) is 13.8 Å². The van der Waals surface area contributed by atoms with Gasteiger partial charge in [-0.2, -0.15) is 0 Å². The first-order chi connectivity index (χ1) is 6.54. The Labute approximate surface area is 84.5 Å². The molecular weight excluding hydrogens is 182 g/mol. The Balaban J connectivity index is 2.56. The van der Waals surface area contributed by atoms with Gasteiger partial charge in [0.25, 0.3) is 0 Å². The molecule has 1 rings (SSSR count). The second kappa shape index (κ2) is 4.75. The van der Waals surface area contributed by atoms with E-state index in [1.807, 2.05) is 0 Å². The minimum absolute atomic E-state index is 0.0172. The number of aliphatic hydroxyl groups is 2. The van der Waals surface area contributed by atoms with E-state index in [0.717, 1.165) is 6.42 Å². The van der Waals surface area contributed by atoms with Crippen molar-refractivity contribution in [2.45, 2.75) is 38.8 Å². The molecule has 0 aromatic carbocycles. The van der Waals surface area contributed by atoms with E-state index in [-0.39, 0.29) is 25.0 Å². The van der Waals surface area contributed by atoms with Gasteiger partial charge in [-0.3, -0.25) is 4.79 Å². The molecule has 14 heavy (non-hydrogen) atoms. The molecular formula is C10H19NO3. The molecule has 1 saturated heterocycles. The highest BCUT2D eigenvalue weighted by Crippen LogP contribution is 2.18. The van der Waals surface area contributed by atoms with Crippen molar-refractivity contribution in [2.24, 2.45) is 5.92 Å². The van der Waals surface area contributed by atoms with E-state index in [4.69, 9.17) is 5.11 Å². The number of aliphatic hydroxyl groups excluding tert-OH is 2. The van der Waals surface area contributed by atoms with E-state index in [2.05, 4.69) is 13.8 Å². The van der Waals surface area contributed by atoms with Gasteiger partial charge in [-0.15, -0.1) is 0 Å². The number of carbonyl (C=O) groups is 1. The van der Waals surface area contributed by atoms with Crippen molar-refractivity contribution in [3.63, 3.8) is 0 Å². The molecule has 1 heterocycles. The Kier molecular flexibility index (Phi) is 3.89. The lowest BCUT2D eigenvalue weighted by molar-refractivity contribution is -0.130. The molecule has 1 amide bonds. The third-order valence-electron chi connectivity index (χ3n) is 2.53. The fourth-order valence-corrected chi connectivity index (χ4v) is 1.91. The highest BCUT2D eigenvalue weighted by Gasteiger charge is 2.32. The lowest BCUT2D eigenvalue weighted by atomic mass is 10.0. The number of hydrogen-bond acceptors (Lipinski definition) is 3. The summed E-state index contributed by atoms with van der Waals surface area (Å²) in [5, 5.41) is 18.5. The van der Waals surface area contributed by atoms with Crippen molar-refractivity contribution < 1.29 is 15.0 Å². The summed E-state index contributed by atoms with van der Waals surface area (Å²) in [5.41, 5.74) is 0. The van der Waals surface area contributed by atoms with Crippen molar-refractivity contribution in [1.82, 2.24) is 4.90 Å². The van der Waals surface area contributed by atoms with Crippen LogP contribution in [0, 0.1) is 5.92 Å². The lowest BCUT2D eigenvalue weighted by Crippen LogP contribution is -2.40. The zero-order chi connectivity index (χ0) is 10.7. The van der Waals surface area contributed by atoms with Crippen LogP contribution in [0.5, 0.6) is 0 Å². The minimum atomic E-state index is -0.552. The molecule has 1 aliphatic heterocycles. The van der Waals surface area contributed by atoms with Gasteiger partial charge in [0.05, 0.1) is 25.2 Å². The molecule has 1 fully saturated rings. The van der Waals surface area contributed by atoms with Crippen molar-refractivity contribution in [3.8, 4) is 0 Å². The Bertz CT molecular complexity index is 206. The van der Waals surface area contributed by atoms with Gasteiger partial charge in [0.2, 0.25) is 5.91 Å². The van der Waals surface area contributed by atoms with Crippen LogP contribution in [0.25, 0.3) is 0 Å². The molecule has 4 heteroatoms. The SMILES string of the molecule is CC(C)C[C@@H](CO)N1CC(O)CC1=O. The topological polar surface area (TPSA) is 60.8 Å². The monoisotopic (exact) mass is 201 g/mol. The van der Waals surface area contributed by atoms with Crippen LogP contribution in [0.15, 0.2) is 0 Å². The summed E-state index contributed by atoms with van der Waals surface area (Å²) in [6.45, 7) is 4.46. The molecule has 0 aliphatic carbocycles. The number of rotatable bonds is 4. The van der Waals surface area contributed by atoms with E-state index in [1.165, 1.54) is 0 Å². The molecule has 0 aromatic heterocycles. The first kappa shape index (κ1) is 11.5. The summed E-state index contributed by atoms with van der Waals surface area (Å²) in [4.78, 5) is 13.0. The summed E-state index contributed by atoms with van der Waals surface area (Å²) in [6.07, 6.45) is 0.438. The third kappa shape index (κ3) is 2.69. The highest BCUT2D eigenvalue weighted by molar-refractivity contribution is 5.79. The Morgan fingerprint density at radius 2 is 2.21 bits per heavy atom. The average Bonchev–Trinajstić information content (AvgIpc) is 2.41. The van der Waals surface area contributed by atoms with Crippen molar-refractivity contribution >= 4 is 5.91 Å². The average molecular weight is 201 g/mol. The summed E-state index contributed by atoms with van der Waals surface area (Å²) >= 11 is 0. The molecule has 0 saturated carbocycles. The van der Waals surface area contributed by atoms with E-state index < -0.39 is 6.10 Å². The van der Waals surface area contributed by atoms with Crippen LogP contribution in [0.1, 0.15) is 26.7 Å². The smallest absolute Gasteiger partial charge is 0.225 e. The molecule has 0 bridgehead atoms. The zero-order valence-corrected chi connectivity index (χ0v) is 8.81. The maximum Gasteiger partial charge on any atom is 0.225 e. The molecule has 1 aliphatic rings. The van der Waals surface area contributed by atoms with Gasteiger partial charge >= 0.3 is 0 Å². The van der Waals surface area contributed by atoms with Gasteiger partial charge in [0.15, 0.2) is 0 Å². The first-order valence-corrected chi connectivity index (χ1v) is 5.13. The van der Waals surface area contributed by atoms with Crippen LogP contribution in [-0.2, 0) is 4.79 Å². The molecule has 4 nitrogen and oxygen atoms in total. The van der Waals surface area contributed by atoms with Crippen LogP contribution >= 0.6 is 0 Å². The van der Waals surface area contributed by atoms with Crippen molar-refractivity contribution in [1.29, 1.82) is 0 Å². The standard InChI is InChI=1S/C10H19NO3/c1-7(2)3-8(6-12)11-5-9(13)4-10(11)14/h7-9,12-13H,3-6H2,1-2H3/t8-,9?/m0/s1. The third-order valence-corrected chi connectivity index (χ3v) is 2.53. The largest absolute Gasteiger partial charge is 0.394 e. The molecule has 2 N–H and O–H groups in total. The second-order valence-electron chi connectivity index (χ2n) is 4.37.